The Morgan fingerprint density at radius 1 is 1.39 bits per heavy atom. The largest absolute Gasteiger partial charge is 0.494 e. The third kappa shape index (κ3) is 2.52. The molecular weight excluding hydrogens is 235 g/mol. The topological polar surface area (TPSA) is 60.4 Å². The quantitative estimate of drug-likeness (QED) is 0.630. The van der Waals surface area contributed by atoms with E-state index < -0.39 is 0 Å². The van der Waals surface area contributed by atoms with Gasteiger partial charge in [-0.1, -0.05) is 12.1 Å². The average Bonchev–Trinajstić information content (AvgIpc) is 2.91. The van der Waals surface area contributed by atoms with Gasteiger partial charge >= 0.3 is 0 Å². The Morgan fingerprint density at radius 3 is 2.83 bits per heavy atom. The first-order valence-electron chi connectivity index (χ1n) is 5.57. The second kappa shape index (κ2) is 5.66. The number of hydrazine groups is 1. The lowest BCUT2D eigenvalue weighted by atomic mass is 10.0. The number of hydrogen-bond donors (Lipinski definition) is 2. The summed E-state index contributed by atoms with van der Waals surface area (Å²) in [7, 11) is 1.44. The Balaban J connectivity index is 2.22. The highest BCUT2D eigenvalue weighted by Gasteiger charge is 2.17. The van der Waals surface area contributed by atoms with Crippen LogP contribution in [0.4, 0.5) is 4.39 Å². The fourth-order valence-corrected chi connectivity index (χ4v) is 1.82. The first-order valence-corrected chi connectivity index (χ1v) is 5.57. The van der Waals surface area contributed by atoms with E-state index in [1.807, 2.05) is 0 Å². The molecule has 1 unspecified atom stereocenters. The molecule has 0 saturated carbocycles. The summed E-state index contributed by atoms with van der Waals surface area (Å²) in [5, 5.41) is 0. The Bertz CT molecular complexity index is 500. The molecule has 2 rings (SSSR count). The van der Waals surface area contributed by atoms with Gasteiger partial charge in [0.2, 0.25) is 0 Å². The molecular formula is C13H15FN2O2. The molecule has 0 radical (unpaired) electrons. The second-order valence-corrected chi connectivity index (χ2v) is 3.87. The second-order valence-electron chi connectivity index (χ2n) is 3.87. The van der Waals surface area contributed by atoms with Crippen molar-refractivity contribution in [3.8, 4) is 5.75 Å². The van der Waals surface area contributed by atoms with E-state index in [-0.39, 0.29) is 17.6 Å². The minimum Gasteiger partial charge on any atom is -0.494 e. The van der Waals surface area contributed by atoms with Crippen LogP contribution in [0.3, 0.4) is 0 Å². The number of rotatable bonds is 5. The molecule has 0 bridgehead atoms. The van der Waals surface area contributed by atoms with Crippen LogP contribution in [0.2, 0.25) is 0 Å². The summed E-state index contributed by atoms with van der Waals surface area (Å²) < 4.78 is 24.2. The van der Waals surface area contributed by atoms with Crippen molar-refractivity contribution in [1.29, 1.82) is 0 Å². The molecule has 0 amide bonds. The highest BCUT2D eigenvalue weighted by Crippen LogP contribution is 2.25. The van der Waals surface area contributed by atoms with E-state index >= 15 is 0 Å². The minimum absolute atomic E-state index is 0.225. The van der Waals surface area contributed by atoms with Gasteiger partial charge in [-0.15, -0.1) is 0 Å². The fourth-order valence-electron chi connectivity index (χ4n) is 1.82. The Morgan fingerprint density at radius 2 is 2.22 bits per heavy atom. The summed E-state index contributed by atoms with van der Waals surface area (Å²) in [5.41, 5.74) is 3.14. The van der Waals surface area contributed by atoms with E-state index in [1.54, 1.807) is 36.6 Å². The molecule has 0 aliphatic rings. The molecule has 0 spiro atoms. The van der Waals surface area contributed by atoms with E-state index in [1.165, 1.54) is 7.11 Å². The molecule has 0 aliphatic heterocycles. The van der Waals surface area contributed by atoms with Crippen molar-refractivity contribution in [2.24, 2.45) is 5.84 Å². The zero-order valence-electron chi connectivity index (χ0n) is 10.0. The summed E-state index contributed by atoms with van der Waals surface area (Å²) in [4.78, 5) is 0. The third-order valence-electron chi connectivity index (χ3n) is 2.78. The van der Waals surface area contributed by atoms with E-state index in [2.05, 4.69) is 5.43 Å². The molecule has 0 aliphatic carbocycles. The monoisotopic (exact) mass is 250 g/mol. The zero-order valence-corrected chi connectivity index (χ0v) is 10.0. The highest BCUT2D eigenvalue weighted by atomic mass is 19.1. The zero-order chi connectivity index (χ0) is 13.0. The lowest BCUT2D eigenvalue weighted by molar-refractivity contribution is 0.378. The van der Waals surface area contributed by atoms with E-state index in [0.29, 0.717) is 17.7 Å². The number of benzene rings is 1. The average molecular weight is 250 g/mol. The predicted octanol–water partition coefficient (Wildman–Crippen LogP) is 2.17. The van der Waals surface area contributed by atoms with Gasteiger partial charge in [0, 0.05) is 0 Å². The van der Waals surface area contributed by atoms with Crippen LogP contribution in [-0.2, 0) is 6.42 Å². The Hall–Kier alpha value is -1.85. The molecule has 4 nitrogen and oxygen atoms in total. The van der Waals surface area contributed by atoms with E-state index in [9.17, 15) is 4.39 Å². The number of furan rings is 1. The third-order valence-corrected chi connectivity index (χ3v) is 2.78. The van der Waals surface area contributed by atoms with Crippen molar-refractivity contribution in [3.05, 3.63) is 53.7 Å². The van der Waals surface area contributed by atoms with Gasteiger partial charge in [0.25, 0.3) is 0 Å². The van der Waals surface area contributed by atoms with Gasteiger partial charge in [-0.2, -0.15) is 0 Å². The Kier molecular flexibility index (Phi) is 3.96. The van der Waals surface area contributed by atoms with Crippen LogP contribution in [0.25, 0.3) is 0 Å². The molecule has 2 aromatic rings. The van der Waals surface area contributed by atoms with Crippen LogP contribution in [0.1, 0.15) is 17.4 Å². The highest BCUT2D eigenvalue weighted by molar-refractivity contribution is 5.32. The molecule has 18 heavy (non-hydrogen) atoms. The molecule has 0 saturated heterocycles. The van der Waals surface area contributed by atoms with Crippen LogP contribution >= 0.6 is 0 Å². The maximum atomic E-state index is 14.0. The summed E-state index contributed by atoms with van der Waals surface area (Å²) in [6.45, 7) is 0. The maximum absolute atomic E-state index is 14.0. The van der Waals surface area contributed by atoms with Crippen molar-refractivity contribution >= 4 is 0 Å². The molecule has 1 atom stereocenters. The van der Waals surface area contributed by atoms with Gasteiger partial charge in [-0.3, -0.25) is 5.84 Å². The van der Waals surface area contributed by atoms with Gasteiger partial charge < -0.3 is 9.15 Å². The van der Waals surface area contributed by atoms with Crippen molar-refractivity contribution < 1.29 is 13.5 Å². The maximum Gasteiger partial charge on any atom is 0.168 e. The number of nitrogens with two attached hydrogens (primary N) is 1. The summed E-state index contributed by atoms with van der Waals surface area (Å²) in [5.74, 6) is 5.99. The smallest absolute Gasteiger partial charge is 0.168 e. The van der Waals surface area contributed by atoms with Crippen molar-refractivity contribution in [1.82, 2.24) is 5.43 Å². The van der Waals surface area contributed by atoms with Crippen LogP contribution in [0.5, 0.6) is 5.75 Å². The van der Waals surface area contributed by atoms with E-state index in [0.717, 1.165) is 0 Å². The number of ether oxygens (including phenoxy) is 1. The number of nitrogens with one attached hydrogen (secondary N) is 1. The lowest BCUT2D eigenvalue weighted by Crippen LogP contribution is -2.29. The summed E-state index contributed by atoms with van der Waals surface area (Å²) in [6.07, 6.45) is 1.94. The Labute approximate surface area is 105 Å². The van der Waals surface area contributed by atoms with Gasteiger partial charge in [0.15, 0.2) is 11.6 Å². The summed E-state index contributed by atoms with van der Waals surface area (Å²) >= 11 is 0. The normalized spacial score (nSPS) is 12.4. The van der Waals surface area contributed by atoms with Crippen molar-refractivity contribution in [3.63, 3.8) is 0 Å². The SMILES string of the molecule is COc1cccc(CC(NN)c2ccco2)c1F. The van der Waals surface area contributed by atoms with E-state index in [4.69, 9.17) is 15.0 Å². The predicted molar refractivity (Wildman–Crippen MR) is 65.4 cm³/mol. The lowest BCUT2D eigenvalue weighted by Gasteiger charge is -2.14. The first-order chi connectivity index (χ1) is 8.76. The standard InChI is InChI=1S/C13H15FN2O2/c1-17-12-5-2-4-9(13(12)14)8-10(16-15)11-6-3-7-18-11/h2-7,10,16H,8,15H2,1H3. The van der Waals surface area contributed by atoms with Gasteiger partial charge in [0.05, 0.1) is 19.4 Å². The molecule has 0 fully saturated rings. The van der Waals surface area contributed by atoms with Crippen LogP contribution in [0.15, 0.2) is 41.0 Å². The molecule has 1 heterocycles. The fraction of sp³-hybridized carbons (Fsp3) is 0.231. The van der Waals surface area contributed by atoms with Gasteiger partial charge in [0.1, 0.15) is 5.76 Å². The van der Waals surface area contributed by atoms with Crippen LogP contribution in [0, 0.1) is 5.82 Å². The van der Waals surface area contributed by atoms with Gasteiger partial charge in [-0.05, 0) is 30.2 Å². The van der Waals surface area contributed by atoms with Crippen LogP contribution in [-0.4, -0.2) is 7.11 Å². The number of methoxy groups -OCH3 is 1. The van der Waals surface area contributed by atoms with Crippen LogP contribution < -0.4 is 16.0 Å². The van der Waals surface area contributed by atoms with Crippen molar-refractivity contribution in [2.45, 2.75) is 12.5 Å². The minimum atomic E-state index is -0.369. The molecule has 96 valence electrons. The van der Waals surface area contributed by atoms with Crippen molar-refractivity contribution in [2.75, 3.05) is 7.11 Å². The van der Waals surface area contributed by atoms with Gasteiger partial charge in [-0.25, -0.2) is 9.82 Å². The molecule has 1 aromatic heterocycles. The number of hydrogen-bond acceptors (Lipinski definition) is 4. The molecule has 1 aromatic carbocycles. The number of halogens is 1. The first kappa shape index (κ1) is 12.6. The molecule has 3 N–H and O–H groups in total. The molecule has 5 heteroatoms. The summed E-state index contributed by atoms with van der Waals surface area (Å²) in [6, 6.07) is 8.31.